The molecule has 130 valence electrons. The molecule has 0 heterocycles. The Hall–Kier alpha value is -2.98. The zero-order valence-corrected chi connectivity index (χ0v) is 15.4. The molecule has 0 aliphatic carbocycles. The van der Waals surface area contributed by atoms with Crippen molar-refractivity contribution in [2.24, 2.45) is 0 Å². The molecule has 0 atom stereocenters. The Morgan fingerprint density at radius 2 is 1.69 bits per heavy atom. The first-order valence-corrected chi connectivity index (χ1v) is 8.80. The molecule has 3 aromatic carbocycles. The zero-order chi connectivity index (χ0) is 18.4. The van der Waals surface area contributed by atoms with Crippen molar-refractivity contribution in [2.75, 3.05) is 7.05 Å². The molecule has 0 saturated carbocycles. The Kier molecular flexibility index (Phi) is 5.77. The number of benzene rings is 3. The van der Waals surface area contributed by atoms with E-state index in [9.17, 15) is 4.79 Å². The van der Waals surface area contributed by atoms with Crippen LogP contribution in [0.15, 0.2) is 78.9 Å². The first-order chi connectivity index (χ1) is 12.6. The van der Waals surface area contributed by atoms with Gasteiger partial charge >= 0.3 is 0 Å². The van der Waals surface area contributed by atoms with Crippen LogP contribution in [-0.2, 0) is 11.3 Å². The summed E-state index contributed by atoms with van der Waals surface area (Å²) in [6.07, 6.45) is 3.34. The molecule has 1 N–H and O–H groups in total. The first-order valence-electron chi connectivity index (χ1n) is 8.39. The molecule has 0 aliphatic rings. The van der Waals surface area contributed by atoms with Gasteiger partial charge in [-0.3, -0.25) is 10.1 Å². The number of hydrogen-bond acceptors (Lipinski definition) is 2. The molecule has 4 heteroatoms. The summed E-state index contributed by atoms with van der Waals surface area (Å²) in [6.45, 7) is 0.646. The summed E-state index contributed by atoms with van der Waals surface area (Å²) in [5.41, 5.74) is 2.14. The first kappa shape index (κ1) is 17.8. The van der Waals surface area contributed by atoms with Crippen LogP contribution in [0.25, 0.3) is 16.8 Å². The second-order valence-corrected chi connectivity index (χ2v) is 6.42. The van der Waals surface area contributed by atoms with Crippen molar-refractivity contribution in [3.63, 3.8) is 0 Å². The van der Waals surface area contributed by atoms with Crippen molar-refractivity contribution >= 4 is 40.1 Å². The smallest absolute Gasteiger partial charge is 0.250 e. The Balaban J connectivity index is 1.62. The van der Waals surface area contributed by atoms with E-state index in [1.54, 1.807) is 0 Å². The van der Waals surface area contributed by atoms with Crippen molar-refractivity contribution in [3.05, 3.63) is 90.0 Å². The minimum Gasteiger partial charge on any atom is -0.348 e. The topological polar surface area (TPSA) is 32.3 Å². The Bertz CT molecular complexity index is 945. The van der Waals surface area contributed by atoms with Gasteiger partial charge in [0.2, 0.25) is 5.91 Å². The van der Waals surface area contributed by atoms with E-state index in [-0.39, 0.29) is 5.91 Å². The minimum absolute atomic E-state index is 0.233. The van der Waals surface area contributed by atoms with Crippen LogP contribution in [0.1, 0.15) is 11.1 Å². The molecule has 0 radical (unpaired) electrons. The van der Waals surface area contributed by atoms with E-state index in [0.29, 0.717) is 11.7 Å². The number of hydrogen-bond donors (Lipinski definition) is 1. The molecule has 0 fully saturated rings. The number of nitrogens with zero attached hydrogens (tertiary/aromatic N) is 1. The third kappa shape index (κ3) is 4.55. The fourth-order valence-corrected chi connectivity index (χ4v) is 2.90. The van der Waals surface area contributed by atoms with Crippen molar-refractivity contribution < 1.29 is 4.79 Å². The van der Waals surface area contributed by atoms with E-state index >= 15 is 0 Å². The van der Waals surface area contributed by atoms with Crippen LogP contribution in [0.3, 0.4) is 0 Å². The molecular formula is C22H20N2OS. The zero-order valence-electron chi connectivity index (χ0n) is 14.6. The molecule has 1 amide bonds. The summed E-state index contributed by atoms with van der Waals surface area (Å²) in [4.78, 5) is 14.0. The molecule has 0 spiro atoms. The molecule has 3 nitrogen and oxygen atoms in total. The van der Waals surface area contributed by atoms with Gasteiger partial charge < -0.3 is 4.90 Å². The molecular weight excluding hydrogens is 340 g/mol. The summed E-state index contributed by atoms with van der Waals surface area (Å²) in [7, 11) is 1.87. The summed E-state index contributed by atoms with van der Waals surface area (Å²) in [6, 6.07) is 24.1. The third-order valence-corrected chi connectivity index (χ3v) is 4.49. The van der Waals surface area contributed by atoms with Gasteiger partial charge in [-0.1, -0.05) is 72.8 Å². The second-order valence-electron chi connectivity index (χ2n) is 6.04. The van der Waals surface area contributed by atoms with Crippen LogP contribution in [0.5, 0.6) is 0 Å². The highest BCUT2D eigenvalue weighted by atomic mass is 32.1. The Morgan fingerprint density at radius 3 is 2.50 bits per heavy atom. The van der Waals surface area contributed by atoms with E-state index in [2.05, 4.69) is 17.4 Å². The number of carbonyl (C=O) groups excluding carboxylic acids is 1. The Morgan fingerprint density at radius 1 is 1.00 bits per heavy atom. The molecule has 3 aromatic rings. The molecule has 26 heavy (non-hydrogen) atoms. The lowest BCUT2D eigenvalue weighted by Gasteiger charge is -2.19. The molecule has 0 saturated heterocycles. The Labute approximate surface area is 159 Å². The lowest BCUT2D eigenvalue weighted by molar-refractivity contribution is -0.115. The normalized spacial score (nSPS) is 10.8. The minimum atomic E-state index is -0.233. The van der Waals surface area contributed by atoms with Crippen LogP contribution in [0, 0.1) is 0 Å². The molecule has 0 unspecified atom stereocenters. The van der Waals surface area contributed by atoms with Gasteiger partial charge in [-0.25, -0.2) is 0 Å². The number of carbonyl (C=O) groups is 1. The van der Waals surface area contributed by atoms with Gasteiger partial charge in [-0.15, -0.1) is 0 Å². The average molecular weight is 360 g/mol. The lowest BCUT2D eigenvalue weighted by atomic mass is 10.0. The maximum Gasteiger partial charge on any atom is 0.250 e. The fraction of sp³-hybridized carbons (Fsp3) is 0.0909. The number of rotatable bonds is 4. The molecule has 0 aromatic heterocycles. The predicted molar refractivity (Wildman–Crippen MR) is 112 cm³/mol. The SMILES string of the molecule is CN(Cc1ccccc1)C(=S)NC(=O)C=Cc1cccc2ccccc12. The largest absolute Gasteiger partial charge is 0.348 e. The third-order valence-electron chi connectivity index (χ3n) is 4.08. The number of thiocarbonyl (C=S) groups is 1. The number of amides is 1. The average Bonchev–Trinajstić information content (AvgIpc) is 2.67. The highest BCUT2D eigenvalue weighted by Crippen LogP contribution is 2.19. The maximum absolute atomic E-state index is 12.2. The van der Waals surface area contributed by atoms with Gasteiger partial charge in [0.05, 0.1) is 0 Å². The van der Waals surface area contributed by atoms with Gasteiger partial charge in [0.15, 0.2) is 5.11 Å². The van der Waals surface area contributed by atoms with E-state index in [0.717, 1.165) is 21.9 Å². The van der Waals surface area contributed by atoms with Crippen LogP contribution in [-0.4, -0.2) is 23.0 Å². The number of fused-ring (bicyclic) bond motifs is 1. The number of nitrogens with one attached hydrogen (secondary N) is 1. The molecule has 0 aliphatic heterocycles. The quantitative estimate of drug-likeness (QED) is 0.553. The fourth-order valence-electron chi connectivity index (χ4n) is 2.73. The predicted octanol–water partition coefficient (Wildman–Crippen LogP) is 4.39. The van der Waals surface area contributed by atoms with Crippen LogP contribution in [0.2, 0.25) is 0 Å². The van der Waals surface area contributed by atoms with Gasteiger partial charge in [0.25, 0.3) is 0 Å². The van der Waals surface area contributed by atoms with Crippen LogP contribution >= 0.6 is 12.2 Å². The molecule has 0 bridgehead atoms. The van der Waals surface area contributed by atoms with Crippen molar-refractivity contribution in [1.82, 2.24) is 10.2 Å². The van der Waals surface area contributed by atoms with Gasteiger partial charge in [-0.05, 0) is 40.2 Å². The van der Waals surface area contributed by atoms with E-state index in [4.69, 9.17) is 12.2 Å². The van der Waals surface area contributed by atoms with Gasteiger partial charge in [0, 0.05) is 19.7 Å². The molecule has 3 rings (SSSR count). The monoisotopic (exact) mass is 360 g/mol. The van der Waals surface area contributed by atoms with Crippen molar-refractivity contribution in [2.45, 2.75) is 6.54 Å². The summed E-state index contributed by atoms with van der Waals surface area (Å²) < 4.78 is 0. The van der Waals surface area contributed by atoms with Crippen molar-refractivity contribution in [3.8, 4) is 0 Å². The van der Waals surface area contributed by atoms with Crippen LogP contribution < -0.4 is 5.32 Å². The second kappa shape index (κ2) is 8.41. The van der Waals surface area contributed by atoms with Crippen LogP contribution in [0.4, 0.5) is 0 Å². The summed E-state index contributed by atoms with van der Waals surface area (Å²) in [5.74, 6) is -0.233. The van der Waals surface area contributed by atoms with Gasteiger partial charge in [-0.2, -0.15) is 0 Å². The summed E-state index contributed by atoms with van der Waals surface area (Å²) in [5, 5.41) is 5.41. The highest BCUT2D eigenvalue weighted by molar-refractivity contribution is 7.80. The lowest BCUT2D eigenvalue weighted by Crippen LogP contribution is -2.39. The van der Waals surface area contributed by atoms with Crippen molar-refractivity contribution in [1.29, 1.82) is 0 Å². The summed E-state index contributed by atoms with van der Waals surface area (Å²) >= 11 is 5.32. The van der Waals surface area contributed by atoms with Gasteiger partial charge in [0.1, 0.15) is 0 Å². The van der Waals surface area contributed by atoms with E-state index in [1.165, 1.54) is 6.08 Å². The highest BCUT2D eigenvalue weighted by Gasteiger charge is 2.07. The standard InChI is InChI=1S/C22H20N2OS/c1-24(16-17-8-3-2-4-9-17)22(26)23-21(25)15-14-19-12-7-11-18-10-5-6-13-20(18)19/h2-15H,16H2,1H3,(H,23,25,26). The van der Waals surface area contributed by atoms with E-state index < -0.39 is 0 Å². The van der Waals surface area contributed by atoms with E-state index in [1.807, 2.05) is 78.7 Å². The maximum atomic E-state index is 12.2.